The fourth-order valence-corrected chi connectivity index (χ4v) is 2.67. The molecule has 0 aromatic heterocycles. The van der Waals surface area contributed by atoms with Gasteiger partial charge in [-0.25, -0.2) is 0 Å². The zero-order valence-corrected chi connectivity index (χ0v) is 12.0. The molecular formula is C14H22ClN3O. The Kier molecular flexibility index (Phi) is 5.79. The largest absolute Gasteiger partial charge is 0.366 e. The molecule has 1 aliphatic heterocycles. The van der Waals surface area contributed by atoms with Crippen molar-refractivity contribution < 1.29 is 4.79 Å². The quantitative estimate of drug-likeness (QED) is 0.877. The highest BCUT2D eigenvalue weighted by atomic mass is 35.5. The minimum atomic E-state index is -0.369. The highest BCUT2D eigenvalue weighted by Gasteiger charge is 2.27. The van der Waals surface area contributed by atoms with Crippen molar-refractivity contribution >= 4 is 18.3 Å². The van der Waals surface area contributed by atoms with Gasteiger partial charge >= 0.3 is 0 Å². The van der Waals surface area contributed by atoms with E-state index < -0.39 is 0 Å². The SMILES string of the molecule is CC1CC(CN)CN1Cc1cccc(C(N)=O)c1.Cl. The number of likely N-dealkylation sites (tertiary alicyclic amines) is 1. The molecule has 1 aliphatic rings. The smallest absolute Gasteiger partial charge is 0.248 e. The number of carbonyl (C=O) groups is 1. The lowest BCUT2D eigenvalue weighted by molar-refractivity contribution is 0.1000. The molecule has 2 rings (SSSR count). The van der Waals surface area contributed by atoms with Crippen LogP contribution in [0.2, 0.25) is 0 Å². The molecule has 0 radical (unpaired) electrons. The first-order valence-electron chi connectivity index (χ1n) is 6.43. The number of nitrogens with zero attached hydrogens (tertiary/aromatic N) is 1. The molecule has 0 saturated carbocycles. The van der Waals surface area contributed by atoms with Gasteiger partial charge in [0.15, 0.2) is 0 Å². The Morgan fingerprint density at radius 1 is 1.47 bits per heavy atom. The number of primary amides is 1. The number of carbonyl (C=O) groups excluding carboxylic acids is 1. The normalized spacial score (nSPS) is 23.1. The van der Waals surface area contributed by atoms with E-state index in [-0.39, 0.29) is 18.3 Å². The van der Waals surface area contributed by atoms with Crippen LogP contribution in [0, 0.1) is 5.92 Å². The van der Waals surface area contributed by atoms with Crippen LogP contribution in [0.25, 0.3) is 0 Å². The number of hydrogen-bond acceptors (Lipinski definition) is 3. The van der Waals surface area contributed by atoms with Crippen LogP contribution in [0.3, 0.4) is 0 Å². The average Bonchev–Trinajstić information content (AvgIpc) is 2.70. The number of amides is 1. The van der Waals surface area contributed by atoms with Gasteiger partial charge in [0, 0.05) is 24.7 Å². The van der Waals surface area contributed by atoms with Crippen molar-refractivity contribution in [1.82, 2.24) is 4.90 Å². The Balaban J connectivity index is 0.00000180. The average molecular weight is 284 g/mol. The van der Waals surface area contributed by atoms with Crippen LogP contribution < -0.4 is 11.5 Å². The van der Waals surface area contributed by atoms with E-state index in [1.807, 2.05) is 18.2 Å². The molecular weight excluding hydrogens is 262 g/mol. The summed E-state index contributed by atoms with van der Waals surface area (Å²) in [6.07, 6.45) is 1.16. The fourth-order valence-electron chi connectivity index (χ4n) is 2.67. The van der Waals surface area contributed by atoms with Crippen molar-refractivity contribution in [1.29, 1.82) is 0 Å². The summed E-state index contributed by atoms with van der Waals surface area (Å²) in [5, 5.41) is 0. The lowest BCUT2D eigenvalue weighted by atomic mass is 10.1. The topological polar surface area (TPSA) is 72.3 Å². The summed E-state index contributed by atoms with van der Waals surface area (Å²) in [7, 11) is 0. The van der Waals surface area contributed by atoms with E-state index >= 15 is 0 Å². The predicted octanol–water partition coefficient (Wildman–Crippen LogP) is 1.38. The van der Waals surface area contributed by atoms with Gasteiger partial charge in [-0.05, 0) is 43.5 Å². The van der Waals surface area contributed by atoms with Crippen molar-refractivity contribution in [2.24, 2.45) is 17.4 Å². The third-order valence-corrected chi connectivity index (χ3v) is 3.72. The highest BCUT2D eigenvalue weighted by molar-refractivity contribution is 5.92. The van der Waals surface area contributed by atoms with E-state index in [0.717, 1.165) is 31.6 Å². The summed E-state index contributed by atoms with van der Waals surface area (Å²) < 4.78 is 0. The third-order valence-electron chi connectivity index (χ3n) is 3.72. The van der Waals surface area contributed by atoms with E-state index in [1.165, 1.54) is 0 Å². The van der Waals surface area contributed by atoms with Crippen LogP contribution in [-0.2, 0) is 6.54 Å². The van der Waals surface area contributed by atoms with E-state index in [0.29, 0.717) is 17.5 Å². The van der Waals surface area contributed by atoms with E-state index in [1.54, 1.807) is 6.07 Å². The summed E-state index contributed by atoms with van der Waals surface area (Å²) in [5.41, 5.74) is 12.7. The van der Waals surface area contributed by atoms with Gasteiger partial charge in [0.2, 0.25) is 5.91 Å². The minimum Gasteiger partial charge on any atom is -0.366 e. The molecule has 4 nitrogen and oxygen atoms in total. The van der Waals surface area contributed by atoms with Crippen molar-refractivity contribution in [2.45, 2.75) is 25.9 Å². The van der Waals surface area contributed by atoms with E-state index in [2.05, 4.69) is 11.8 Å². The van der Waals surface area contributed by atoms with Gasteiger partial charge in [-0.3, -0.25) is 9.69 Å². The van der Waals surface area contributed by atoms with E-state index in [4.69, 9.17) is 11.5 Å². The van der Waals surface area contributed by atoms with Crippen molar-refractivity contribution in [2.75, 3.05) is 13.1 Å². The van der Waals surface area contributed by atoms with Crippen LogP contribution in [0.1, 0.15) is 29.3 Å². The monoisotopic (exact) mass is 283 g/mol. The second-order valence-corrected chi connectivity index (χ2v) is 5.18. The fraction of sp³-hybridized carbons (Fsp3) is 0.500. The summed E-state index contributed by atoms with van der Waals surface area (Å²) in [6, 6.07) is 8.11. The molecule has 1 amide bonds. The first-order valence-corrected chi connectivity index (χ1v) is 6.43. The molecule has 1 aromatic rings. The zero-order valence-electron chi connectivity index (χ0n) is 11.2. The minimum absolute atomic E-state index is 0. The standard InChI is InChI=1S/C14H21N3O.ClH/c1-10-5-12(7-15)9-17(10)8-11-3-2-4-13(6-11)14(16)18;/h2-4,6,10,12H,5,7-9,15H2,1H3,(H2,16,18);1H. The summed E-state index contributed by atoms with van der Waals surface area (Å²) in [5.74, 6) is 0.227. The number of hydrogen-bond donors (Lipinski definition) is 2. The van der Waals surface area contributed by atoms with Crippen LogP contribution in [0.15, 0.2) is 24.3 Å². The molecule has 1 fully saturated rings. The first kappa shape index (κ1) is 16.0. The number of rotatable bonds is 4. The predicted molar refractivity (Wildman–Crippen MR) is 79.2 cm³/mol. The zero-order chi connectivity index (χ0) is 13.1. The van der Waals surface area contributed by atoms with Crippen LogP contribution >= 0.6 is 12.4 Å². The molecule has 1 aromatic carbocycles. The van der Waals surface area contributed by atoms with Crippen LogP contribution in [0.4, 0.5) is 0 Å². The van der Waals surface area contributed by atoms with Gasteiger partial charge in [0.1, 0.15) is 0 Å². The molecule has 0 spiro atoms. The van der Waals surface area contributed by atoms with Gasteiger partial charge in [-0.15, -0.1) is 12.4 Å². The molecule has 0 aliphatic carbocycles. The first-order chi connectivity index (χ1) is 8.60. The molecule has 2 unspecified atom stereocenters. The maximum atomic E-state index is 11.1. The Bertz CT molecular complexity index is 438. The second kappa shape index (κ2) is 6.89. The van der Waals surface area contributed by atoms with Gasteiger partial charge in [-0.1, -0.05) is 12.1 Å². The highest BCUT2D eigenvalue weighted by Crippen LogP contribution is 2.24. The lowest BCUT2D eigenvalue weighted by Gasteiger charge is -2.21. The molecule has 2 atom stereocenters. The summed E-state index contributed by atoms with van der Waals surface area (Å²) in [6.45, 7) is 4.88. The maximum Gasteiger partial charge on any atom is 0.248 e. The van der Waals surface area contributed by atoms with Gasteiger partial charge < -0.3 is 11.5 Å². The van der Waals surface area contributed by atoms with Gasteiger partial charge in [-0.2, -0.15) is 0 Å². The molecule has 1 saturated heterocycles. The Morgan fingerprint density at radius 2 is 2.21 bits per heavy atom. The second-order valence-electron chi connectivity index (χ2n) is 5.18. The third kappa shape index (κ3) is 3.93. The molecule has 19 heavy (non-hydrogen) atoms. The van der Waals surface area contributed by atoms with Crippen molar-refractivity contribution in [3.8, 4) is 0 Å². The van der Waals surface area contributed by atoms with Gasteiger partial charge in [0.25, 0.3) is 0 Å². The number of benzene rings is 1. The summed E-state index contributed by atoms with van der Waals surface area (Å²) >= 11 is 0. The molecule has 1 heterocycles. The maximum absolute atomic E-state index is 11.1. The molecule has 4 N–H and O–H groups in total. The Morgan fingerprint density at radius 3 is 2.79 bits per heavy atom. The van der Waals surface area contributed by atoms with Crippen molar-refractivity contribution in [3.05, 3.63) is 35.4 Å². The van der Waals surface area contributed by atoms with E-state index in [9.17, 15) is 4.79 Å². The Hall–Kier alpha value is -1.10. The number of nitrogens with two attached hydrogens (primary N) is 2. The molecule has 106 valence electrons. The van der Waals surface area contributed by atoms with Crippen LogP contribution in [-0.4, -0.2) is 29.9 Å². The summed E-state index contributed by atoms with van der Waals surface area (Å²) in [4.78, 5) is 13.6. The Labute approximate surface area is 120 Å². The van der Waals surface area contributed by atoms with Gasteiger partial charge in [0.05, 0.1) is 0 Å². The lowest BCUT2D eigenvalue weighted by Crippen LogP contribution is -2.27. The molecule has 5 heteroatoms. The van der Waals surface area contributed by atoms with Crippen LogP contribution in [0.5, 0.6) is 0 Å². The number of halogens is 1. The molecule has 0 bridgehead atoms. The van der Waals surface area contributed by atoms with Crippen molar-refractivity contribution in [3.63, 3.8) is 0 Å².